The van der Waals surface area contributed by atoms with E-state index in [1.165, 1.54) is 0 Å². The van der Waals surface area contributed by atoms with Crippen molar-refractivity contribution in [2.75, 3.05) is 16.8 Å². The first kappa shape index (κ1) is 16.3. The zero-order chi connectivity index (χ0) is 18.3. The number of para-hydroxylation sites is 3. The number of nitrogens with one attached hydrogen (secondary N) is 1. The highest BCUT2D eigenvalue weighted by Gasteiger charge is 2.30. The molecule has 5 heteroatoms. The summed E-state index contributed by atoms with van der Waals surface area (Å²) in [6, 6.07) is 16.9. The Kier molecular flexibility index (Phi) is 3.92. The highest BCUT2D eigenvalue weighted by molar-refractivity contribution is 6.15. The molecule has 4 rings (SSSR count). The highest BCUT2D eigenvalue weighted by Crippen LogP contribution is 2.32. The van der Waals surface area contributed by atoms with Crippen LogP contribution in [0.2, 0.25) is 0 Å². The molecule has 1 atom stereocenters. The topological polar surface area (TPSA) is 62.3 Å². The van der Waals surface area contributed by atoms with Gasteiger partial charge in [-0.3, -0.25) is 14.6 Å². The lowest BCUT2D eigenvalue weighted by Gasteiger charge is -2.24. The maximum Gasteiger partial charge on any atom is 0.260 e. The lowest BCUT2D eigenvalue weighted by molar-refractivity contribution is -0.119. The molecule has 1 N–H and O–H groups in total. The number of fused-ring (bicyclic) bond motifs is 2. The van der Waals surface area contributed by atoms with E-state index in [2.05, 4.69) is 10.3 Å². The van der Waals surface area contributed by atoms with Crippen LogP contribution in [0.5, 0.6) is 0 Å². The third-order valence-corrected chi connectivity index (χ3v) is 4.69. The second-order valence-electron chi connectivity index (χ2n) is 6.65. The van der Waals surface area contributed by atoms with Gasteiger partial charge in [0.25, 0.3) is 5.91 Å². The summed E-state index contributed by atoms with van der Waals surface area (Å²) in [5.74, 6) is -0.542. The predicted octanol–water partition coefficient (Wildman–Crippen LogP) is 3.78. The number of hydrogen-bond acceptors (Lipinski definition) is 3. The van der Waals surface area contributed by atoms with Gasteiger partial charge >= 0.3 is 0 Å². The van der Waals surface area contributed by atoms with E-state index in [1.807, 2.05) is 62.4 Å². The number of carbonyl (C=O) groups excluding carboxylic acids is 2. The molecular formula is C21H19N3O2. The molecule has 0 aliphatic carbocycles. The van der Waals surface area contributed by atoms with E-state index in [0.717, 1.165) is 11.1 Å². The first-order valence-electron chi connectivity index (χ1n) is 8.63. The minimum Gasteiger partial charge on any atom is -0.324 e. The van der Waals surface area contributed by atoms with Crippen molar-refractivity contribution in [3.8, 4) is 0 Å². The molecule has 26 heavy (non-hydrogen) atoms. The predicted molar refractivity (Wildman–Crippen MR) is 102 cm³/mol. The van der Waals surface area contributed by atoms with Crippen LogP contribution in [0.1, 0.15) is 23.0 Å². The van der Waals surface area contributed by atoms with Crippen molar-refractivity contribution in [2.45, 2.75) is 13.8 Å². The Bertz CT molecular complexity index is 1030. The molecule has 0 saturated heterocycles. The van der Waals surface area contributed by atoms with Gasteiger partial charge in [0.1, 0.15) is 0 Å². The quantitative estimate of drug-likeness (QED) is 0.730. The fourth-order valence-electron chi connectivity index (χ4n) is 3.28. The molecule has 0 radical (unpaired) electrons. The molecule has 2 heterocycles. The molecule has 1 aromatic heterocycles. The lowest BCUT2D eigenvalue weighted by Crippen LogP contribution is -2.36. The summed E-state index contributed by atoms with van der Waals surface area (Å²) in [4.78, 5) is 32.0. The third-order valence-electron chi connectivity index (χ3n) is 4.69. The molecule has 0 saturated carbocycles. The van der Waals surface area contributed by atoms with Crippen molar-refractivity contribution in [3.63, 3.8) is 0 Å². The number of rotatable bonds is 1. The number of aryl methyl sites for hydroxylation is 1. The van der Waals surface area contributed by atoms with Crippen molar-refractivity contribution in [3.05, 3.63) is 65.9 Å². The fourth-order valence-corrected chi connectivity index (χ4v) is 3.28. The fraction of sp³-hybridized carbons (Fsp3) is 0.190. The minimum absolute atomic E-state index is 0.0837. The van der Waals surface area contributed by atoms with Gasteiger partial charge in [0.05, 0.1) is 28.4 Å². The van der Waals surface area contributed by atoms with Crippen LogP contribution in [0.15, 0.2) is 54.6 Å². The molecule has 5 nitrogen and oxygen atoms in total. The summed E-state index contributed by atoms with van der Waals surface area (Å²) < 4.78 is 0. The van der Waals surface area contributed by atoms with Crippen LogP contribution in [0.25, 0.3) is 10.9 Å². The number of benzene rings is 2. The first-order valence-corrected chi connectivity index (χ1v) is 8.63. The number of carbonyl (C=O) groups is 2. The average molecular weight is 345 g/mol. The van der Waals surface area contributed by atoms with Crippen molar-refractivity contribution < 1.29 is 9.59 Å². The van der Waals surface area contributed by atoms with Gasteiger partial charge in [-0.2, -0.15) is 0 Å². The summed E-state index contributed by atoms with van der Waals surface area (Å²) in [7, 11) is 0. The Morgan fingerprint density at radius 3 is 2.77 bits per heavy atom. The largest absolute Gasteiger partial charge is 0.324 e. The number of anilines is 2. The molecule has 0 fully saturated rings. The molecule has 130 valence electrons. The van der Waals surface area contributed by atoms with Crippen LogP contribution in [0, 0.1) is 12.8 Å². The van der Waals surface area contributed by atoms with Gasteiger partial charge < -0.3 is 10.2 Å². The van der Waals surface area contributed by atoms with E-state index in [4.69, 9.17) is 0 Å². The number of pyridine rings is 1. The zero-order valence-electron chi connectivity index (χ0n) is 14.7. The monoisotopic (exact) mass is 345 g/mol. The Morgan fingerprint density at radius 2 is 1.92 bits per heavy atom. The normalized spacial score (nSPS) is 16.8. The molecule has 1 aliphatic rings. The molecule has 0 unspecified atom stereocenters. The second-order valence-corrected chi connectivity index (χ2v) is 6.65. The second kappa shape index (κ2) is 6.26. The smallest absolute Gasteiger partial charge is 0.260 e. The van der Waals surface area contributed by atoms with Gasteiger partial charge in [-0.15, -0.1) is 0 Å². The van der Waals surface area contributed by atoms with Crippen LogP contribution in [-0.4, -0.2) is 23.3 Å². The van der Waals surface area contributed by atoms with Crippen molar-refractivity contribution in [1.29, 1.82) is 0 Å². The zero-order valence-corrected chi connectivity index (χ0v) is 14.7. The van der Waals surface area contributed by atoms with E-state index in [1.54, 1.807) is 11.0 Å². The van der Waals surface area contributed by atoms with Crippen LogP contribution in [-0.2, 0) is 4.79 Å². The van der Waals surface area contributed by atoms with E-state index >= 15 is 0 Å². The summed E-state index contributed by atoms with van der Waals surface area (Å²) in [6.45, 7) is 4.06. The van der Waals surface area contributed by atoms with Gasteiger partial charge in [-0.1, -0.05) is 37.3 Å². The van der Waals surface area contributed by atoms with Gasteiger partial charge in [0, 0.05) is 17.6 Å². The number of hydrogen-bond donors (Lipinski definition) is 1. The number of amides is 2. The van der Waals surface area contributed by atoms with Crippen molar-refractivity contribution in [2.24, 2.45) is 5.92 Å². The van der Waals surface area contributed by atoms with Crippen LogP contribution in [0.4, 0.5) is 11.4 Å². The van der Waals surface area contributed by atoms with Crippen molar-refractivity contribution >= 4 is 34.1 Å². The molecule has 0 spiro atoms. The Hall–Kier alpha value is -3.21. The third kappa shape index (κ3) is 2.71. The Labute approximate surface area is 151 Å². The maximum absolute atomic E-state index is 13.4. The number of aromatic nitrogens is 1. The van der Waals surface area contributed by atoms with Crippen LogP contribution >= 0.6 is 0 Å². The lowest BCUT2D eigenvalue weighted by atomic mass is 10.1. The summed E-state index contributed by atoms with van der Waals surface area (Å²) in [5.41, 5.74) is 3.45. The molecule has 1 aliphatic heterocycles. The highest BCUT2D eigenvalue weighted by atomic mass is 16.2. The van der Waals surface area contributed by atoms with Crippen LogP contribution in [0.3, 0.4) is 0 Å². The number of nitrogens with zero attached hydrogens (tertiary/aromatic N) is 2. The van der Waals surface area contributed by atoms with Gasteiger partial charge in [0.15, 0.2) is 0 Å². The molecule has 2 amide bonds. The average Bonchev–Trinajstić information content (AvgIpc) is 2.77. The van der Waals surface area contributed by atoms with E-state index < -0.39 is 0 Å². The van der Waals surface area contributed by atoms with E-state index in [0.29, 0.717) is 29.0 Å². The van der Waals surface area contributed by atoms with E-state index in [-0.39, 0.29) is 17.7 Å². The molecular weight excluding hydrogens is 326 g/mol. The summed E-state index contributed by atoms with van der Waals surface area (Å²) in [5, 5.41) is 3.83. The molecule has 2 aromatic carbocycles. The first-order chi connectivity index (χ1) is 12.5. The van der Waals surface area contributed by atoms with Gasteiger partial charge in [-0.05, 0) is 31.2 Å². The summed E-state index contributed by atoms with van der Waals surface area (Å²) >= 11 is 0. The van der Waals surface area contributed by atoms with Crippen molar-refractivity contribution in [1.82, 2.24) is 4.98 Å². The van der Waals surface area contributed by atoms with E-state index in [9.17, 15) is 9.59 Å². The Balaban J connectivity index is 1.86. The maximum atomic E-state index is 13.4. The van der Waals surface area contributed by atoms with Gasteiger partial charge in [-0.25, -0.2) is 0 Å². The molecule has 0 bridgehead atoms. The minimum atomic E-state index is -0.309. The standard InChI is InChI=1S/C21H19N3O2/c1-13-12-24(18-9-4-3-8-17(18)23-20(13)25)21(26)16-7-5-6-15-11-10-14(2)22-19(15)16/h3-11,13H,12H2,1-2H3,(H,23,25)/t13-/m0/s1. The SMILES string of the molecule is Cc1ccc2cccc(C(=O)N3C[C@H](C)C(=O)Nc4ccccc43)c2n1. The van der Waals surface area contributed by atoms with Crippen LogP contribution < -0.4 is 10.2 Å². The molecule has 3 aromatic rings. The summed E-state index contributed by atoms with van der Waals surface area (Å²) in [6.07, 6.45) is 0. The Morgan fingerprint density at radius 1 is 1.12 bits per heavy atom. The van der Waals surface area contributed by atoms with Gasteiger partial charge in [0.2, 0.25) is 5.91 Å².